The van der Waals surface area contributed by atoms with Gasteiger partial charge in [-0.15, -0.1) is 0 Å². The summed E-state index contributed by atoms with van der Waals surface area (Å²) in [5, 5.41) is 0. The highest BCUT2D eigenvalue weighted by atomic mass is 15.1. The van der Waals surface area contributed by atoms with Crippen molar-refractivity contribution in [3.8, 4) is 0 Å². The van der Waals surface area contributed by atoms with Gasteiger partial charge in [-0.05, 0) is 31.9 Å². The molecular formula is C15H24N2. The van der Waals surface area contributed by atoms with Gasteiger partial charge in [-0.1, -0.05) is 37.0 Å². The highest BCUT2D eigenvalue weighted by Gasteiger charge is 2.24. The molecule has 0 heterocycles. The summed E-state index contributed by atoms with van der Waals surface area (Å²) < 4.78 is 0. The number of likely N-dealkylation sites (N-methyl/N-ethyl adjacent to an activating group) is 1. The summed E-state index contributed by atoms with van der Waals surface area (Å²) in [4.78, 5) is 2.37. The van der Waals surface area contributed by atoms with Gasteiger partial charge in [-0.2, -0.15) is 0 Å². The minimum Gasteiger partial charge on any atom is -0.370 e. The molecule has 17 heavy (non-hydrogen) atoms. The Labute approximate surface area is 105 Å². The Kier molecular flexibility index (Phi) is 4.06. The summed E-state index contributed by atoms with van der Waals surface area (Å²) in [6.45, 7) is 2.13. The lowest BCUT2D eigenvalue weighted by Crippen LogP contribution is -2.45. The molecule has 1 aliphatic carbocycles. The van der Waals surface area contributed by atoms with E-state index in [0.717, 1.165) is 0 Å². The van der Waals surface area contributed by atoms with E-state index < -0.39 is 0 Å². The fourth-order valence-electron chi connectivity index (χ4n) is 2.77. The standard InChI is InChI=1S/C15H24N2/c1-12-8-10-13(11-9-12)17(2)15-7-5-3-4-6-14(15)16/h8-11,14-15H,3-7,16H2,1-2H3. The van der Waals surface area contributed by atoms with Crippen molar-refractivity contribution in [3.05, 3.63) is 29.8 Å². The average Bonchev–Trinajstić information content (AvgIpc) is 2.54. The van der Waals surface area contributed by atoms with E-state index in [1.54, 1.807) is 0 Å². The molecule has 0 amide bonds. The maximum absolute atomic E-state index is 6.31. The predicted octanol–water partition coefficient (Wildman–Crippen LogP) is 3.09. The third kappa shape index (κ3) is 3.01. The summed E-state index contributed by atoms with van der Waals surface area (Å²) >= 11 is 0. The predicted molar refractivity (Wildman–Crippen MR) is 74.4 cm³/mol. The van der Waals surface area contributed by atoms with Crippen molar-refractivity contribution in [2.75, 3.05) is 11.9 Å². The Morgan fingerprint density at radius 3 is 2.41 bits per heavy atom. The fourth-order valence-corrected chi connectivity index (χ4v) is 2.77. The highest BCUT2D eigenvalue weighted by molar-refractivity contribution is 5.48. The van der Waals surface area contributed by atoms with E-state index in [2.05, 4.69) is 43.1 Å². The summed E-state index contributed by atoms with van der Waals surface area (Å²) in [6.07, 6.45) is 6.34. The molecule has 1 aromatic carbocycles. The molecule has 94 valence electrons. The van der Waals surface area contributed by atoms with Crippen LogP contribution in [0.3, 0.4) is 0 Å². The normalized spacial score (nSPS) is 25.4. The zero-order valence-corrected chi connectivity index (χ0v) is 11.0. The van der Waals surface area contributed by atoms with Crippen molar-refractivity contribution in [3.63, 3.8) is 0 Å². The molecule has 0 aromatic heterocycles. The Morgan fingerprint density at radius 1 is 1.06 bits per heavy atom. The number of hydrogen-bond donors (Lipinski definition) is 1. The molecule has 2 atom stereocenters. The number of nitrogens with zero attached hydrogens (tertiary/aromatic N) is 1. The minimum atomic E-state index is 0.323. The number of anilines is 1. The molecule has 0 bridgehead atoms. The number of rotatable bonds is 2. The van der Waals surface area contributed by atoms with Crippen molar-refractivity contribution in [1.29, 1.82) is 0 Å². The molecule has 2 unspecified atom stereocenters. The lowest BCUT2D eigenvalue weighted by Gasteiger charge is -2.33. The van der Waals surface area contributed by atoms with E-state index in [-0.39, 0.29) is 0 Å². The van der Waals surface area contributed by atoms with Gasteiger partial charge < -0.3 is 10.6 Å². The lowest BCUT2D eigenvalue weighted by molar-refractivity contribution is 0.480. The molecule has 2 nitrogen and oxygen atoms in total. The zero-order valence-electron chi connectivity index (χ0n) is 11.0. The van der Waals surface area contributed by atoms with Gasteiger partial charge in [0.1, 0.15) is 0 Å². The topological polar surface area (TPSA) is 29.3 Å². The largest absolute Gasteiger partial charge is 0.370 e. The number of benzene rings is 1. The van der Waals surface area contributed by atoms with Crippen LogP contribution in [-0.2, 0) is 0 Å². The van der Waals surface area contributed by atoms with Gasteiger partial charge in [-0.25, -0.2) is 0 Å². The van der Waals surface area contributed by atoms with Gasteiger partial charge in [0.15, 0.2) is 0 Å². The molecule has 1 fully saturated rings. The van der Waals surface area contributed by atoms with Crippen molar-refractivity contribution in [2.45, 2.75) is 51.1 Å². The molecule has 2 rings (SSSR count). The van der Waals surface area contributed by atoms with Crippen LogP contribution in [0.2, 0.25) is 0 Å². The van der Waals surface area contributed by atoms with Crippen LogP contribution in [0, 0.1) is 6.92 Å². The fraction of sp³-hybridized carbons (Fsp3) is 0.600. The first-order valence-corrected chi connectivity index (χ1v) is 6.73. The first-order chi connectivity index (χ1) is 8.18. The van der Waals surface area contributed by atoms with Crippen LogP contribution >= 0.6 is 0 Å². The Morgan fingerprint density at radius 2 is 1.71 bits per heavy atom. The molecule has 0 saturated heterocycles. The van der Waals surface area contributed by atoms with Crippen LogP contribution in [0.4, 0.5) is 5.69 Å². The third-order valence-electron chi connectivity index (χ3n) is 3.97. The molecular weight excluding hydrogens is 208 g/mol. The second-order valence-electron chi connectivity index (χ2n) is 5.32. The van der Waals surface area contributed by atoms with Crippen LogP contribution < -0.4 is 10.6 Å². The second-order valence-corrected chi connectivity index (χ2v) is 5.32. The van der Waals surface area contributed by atoms with Crippen LogP contribution in [0.15, 0.2) is 24.3 Å². The van der Waals surface area contributed by atoms with Crippen molar-refractivity contribution in [2.24, 2.45) is 5.73 Å². The smallest absolute Gasteiger partial charge is 0.0437 e. The van der Waals surface area contributed by atoms with E-state index in [4.69, 9.17) is 5.73 Å². The van der Waals surface area contributed by atoms with E-state index in [0.29, 0.717) is 12.1 Å². The van der Waals surface area contributed by atoms with Gasteiger partial charge in [-0.3, -0.25) is 0 Å². The lowest BCUT2D eigenvalue weighted by atomic mass is 10.0. The molecule has 1 saturated carbocycles. The van der Waals surface area contributed by atoms with Crippen LogP contribution in [-0.4, -0.2) is 19.1 Å². The SMILES string of the molecule is Cc1ccc(N(C)C2CCCCCC2N)cc1. The number of nitrogens with two attached hydrogens (primary N) is 1. The van der Waals surface area contributed by atoms with Gasteiger partial charge in [0, 0.05) is 24.8 Å². The summed E-state index contributed by atoms with van der Waals surface area (Å²) in [7, 11) is 2.18. The monoisotopic (exact) mass is 232 g/mol. The van der Waals surface area contributed by atoms with Crippen LogP contribution in [0.25, 0.3) is 0 Å². The molecule has 1 aliphatic rings. The third-order valence-corrected chi connectivity index (χ3v) is 3.97. The molecule has 2 heteroatoms. The van der Waals surface area contributed by atoms with E-state index in [1.807, 2.05) is 0 Å². The summed E-state index contributed by atoms with van der Waals surface area (Å²) in [6, 6.07) is 9.58. The van der Waals surface area contributed by atoms with Crippen molar-refractivity contribution < 1.29 is 0 Å². The van der Waals surface area contributed by atoms with Gasteiger partial charge in [0.2, 0.25) is 0 Å². The van der Waals surface area contributed by atoms with E-state index >= 15 is 0 Å². The van der Waals surface area contributed by atoms with Crippen molar-refractivity contribution in [1.82, 2.24) is 0 Å². The summed E-state index contributed by atoms with van der Waals surface area (Å²) in [5.41, 5.74) is 8.91. The maximum Gasteiger partial charge on any atom is 0.0437 e. The Bertz CT molecular complexity index is 344. The first kappa shape index (κ1) is 12.4. The van der Waals surface area contributed by atoms with Gasteiger partial charge in [0.25, 0.3) is 0 Å². The minimum absolute atomic E-state index is 0.323. The van der Waals surface area contributed by atoms with E-state index in [1.165, 1.54) is 43.4 Å². The number of aryl methyl sites for hydroxylation is 1. The van der Waals surface area contributed by atoms with Crippen LogP contribution in [0.1, 0.15) is 37.7 Å². The van der Waals surface area contributed by atoms with Crippen LogP contribution in [0.5, 0.6) is 0 Å². The quantitative estimate of drug-likeness (QED) is 0.794. The number of hydrogen-bond acceptors (Lipinski definition) is 2. The molecule has 2 N–H and O–H groups in total. The Hall–Kier alpha value is -1.02. The molecule has 0 radical (unpaired) electrons. The van der Waals surface area contributed by atoms with Gasteiger partial charge in [0.05, 0.1) is 0 Å². The first-order valence-electron chi connectivity index (χ1n) is 6.73. The Balaban J connectivity index is 2.11. The molecule has 1 aromatic rings. The molecule has 0 spiro atoms. The highest BCUT2D eigenvalue weighted by Crippen LogP contribution is 2.25. The van der Waals surface area contributed by atoms with Crippen molar-refractivity contribution >= 4 is 5.69 Å². The summed E-state index contributed by atoms with van der Waals surface area (Å²) in [5.74, 6) is 0. The second kappa shape index (κ2) is 5.54. The van der Waals surface area contributed by atoms with E-state index in [9.17, 15) is 0 Å². The maximum atomic E-state index is 6.31. The van der Waals surface area contributed by atoms with Gasteiger partial charge >= 0.3 is 0 Å². The average molecular weight is 232 g/mol. The zero-order chi connectivity index (χ0) is 12.3. The molecule has 0 aliphatic heterocycles.